The number of phenols is 1. The van der Waals surface area contributed by atoms with Crippen LogP contribution in [0.4, 0.5) is 0 Å². The summed E-state index contributed by atoms with van der Waals surface area (Å²) in [6.07, 6.45) is 0.334. The van der Waals surface area contributed by atoms with E-state index < -0.39 is 5.97 Å². The molecule has 6 heteroatoms. The molecule has 2 aromatic rings. The van der Waals surface area contributed by atoms with Crippen molar-refractivity contribution in [3.63, 3.8) is 0 Å². The summed E-state index contributed by atoms with van der Waals surface area (Å²) in [5.74, 6) is 5.34. The van der Waals surface area contributed by atoms with Crippen molar-refractivity contribution in [2.45, 2.75) is 41.0 Å². The standard InChI is InChI=1S/C25H28O6/c1-16-18(24(28)29)9-8-10-21(16)30-13-6-7-14-31-22-12-11-19(23(27)17(22)2)20(26)15-25(3,4)5/h8-12,27H,13-15H2,1-5H3,(H,28,29). The van der Waals surface area contributed by atoms with E-state index >= 15 is 0 Å². The van der Waals surface area contributed by atoms with E-state index in [2.05, 4.69) is 11.8 Å². The molecule has 0 heterocycles. The number of ether oxygens (including phenoxy) is 2. The zero-order valence-electron chi connectivity index (χ0n) is 18.5. The van der Waals surface area contributed by atoms with Gasteiger partial charge in [-0.2, -0.15) is 0 Å². The van der Waals surface area contributed by atoms with Crippen molar-refractivity contribution in [1.82, 2.24) is 0 Å². The monoisotopic (exact) mass is 424 g/mol. The maximum atomic E-state index is 12.4. The number of aromatic carboxylic acids is 1. The van der Waals surface area contributed by atoms with E-state index in [4.69, 9.17) is 14.6 Å². The molecule has 0 saturated carbocycles. The highest BCUT2D eigenvalue weighted by Crippen LogP contribution is 2.33. The van der Waals surface area contributed by atoms with Crippen LogP contribution in [0, 0.1) is 31.1 Å². The van der Waals surface area contributed by atoms with Crippen LogP contribution in [0.25, 0.3) is 0 Å². The minimum atomic E-state index is -1.01. The van der Waals surface area contributed by atoms with Gasteiger partial charge >= 0.3 is 5.97 Å². The van der Waals surface area contributed by atoms with Gasteiger partial charge in [0, 0.05) is 17.5 Å². The number of rotatable bonds is 7. The molecule has 0 saturated heterocycles. The van der Waals surface area contributed by atoms with Crippen molar-refractivity contribution in [2.75, 3.05) is 13.2 Å². The molecule has 0 aliphatic carbocycles. The molecule has 2 rings (SSSR count). The summed E-state index contributed by atoms with van der Waals surface area (Å²) < 4.78 is 11.1. The summed E-state index contributed by atoms with van der Waals surface area (Å²) in [5, 5.41) is 19.5. The van der Waals surface area contributed by atoms with E-state index in [-0.39, 0.29) is 35.7 Å². The number of hydrogen-bond donors (Lipinski definition) is 2. The Morgan fingerprint density at radius 2 is 1.48 bits per heavy atom. The van der Waals surface area contributed by atoms with E-state index in [0.717, 1.165) is 0 Å². The second-order valence-corrected chi connectivity index (χ2v) is 8.41. The number of aromatic hydroxyl groups is 1. The molecule has 0 aliphatic rings. The highest BCUT2D eigenvalue weighted by atomic mass is 16.5. The van der Waals surface area contributed by atoms with Gasteiger partial charge in [-0.15, -0.1) is 0 Å². The summed E-state index contributed by atoms with van der Waals surface area (Å²) in [5.41, 5.74) is 1.34. The van der Waals surface area contributed by atoms with Crippen LogP contribution in [-0.2, 0) is 0 Å². The number of carboxylic acids is 1. The lowest BCUT2D eigenvalue weighted by Gasteiger charge is -2.18. The number of benzene rings is 2. The molecule has 0 fully saturated rings. The molecule has 0 bridgehead atoms. The summed E-state index contributed by atoms with van der Waals surface area (Å²) in [6.45, 7) is 9.44. The molecule has 0 spiro atoms. The van der Waals surface area contributed by atoms with Gasteiger partial charge in [0.05, 0.1) is 11.1 Å². The molecule has 0 radical (unpaired) electrons. The lowest BCUT2D eigenvalue weighted by Crippen LogP contribution is -2.13. The summed E-state index contributed by atoms with van der Waals surface area (Å²) >= 11 is 0. The van der Waals surface area contributed by atoms with Gasteiger partial charge in [0.1, 0.15) is 30.5 Å². The lowest BCUT2D eigenvalue weighted by atomic mass is 9.87. The first-order valence-corrected chi connectivity index (χ1v) is 9.91. The van der Waals surface area contributed by atoms with Crippen molar-refractivity contribution in [3.05, 3.63) is 52.6 Å². The largest absolute Gasteiger partial charge is 0.507 e. The van der Waals surface area contributed by atoms with Crippen molar-refractivity contribution in [3.8, 4) is 29.1 Å². The van der Waals surface area contributed by atoms with Crippen LogP contribution in [0.1, 0.15) is 59.0 Å². The normalized spacial score (nSPS) is 10.7. The Morgan fingerprint density at radius 1 is 0.903 bits per heavy atom. The number of phenolic OH excluding ortho intramolecular Hbond substituents is 1. The fraction of sp³-hybridized carbons (Fsp3) is 0.360. The Morgan fingerprint density at radius 3 is 2.03 bits per heavy atom. The third kappa shape index (κ3) is 6.51. The molecule has 0 unspecified atom stereocenters. The zero-order chi connectivity index (χ0) is 23.2. The van der Waals surface area contributed by atoms with Crippen LogP contribution in [0.2, 0.25) is 0 Å². The van der Waals surface area contributed by atoms with E-state index in [9.17, 15) is 14.7 Å². The smallest absolute Gasteiger partial charge is 0.336 e. The Bertz CT molecular complexity index is 1030. The average molecular weight is 424 g/mol. The predicted molar refractivity (Wildman–Crippen MR) is 118 cm³/mol. The van der Waals surface area contributed by atoms with Crippen LogP contribution in [0.15, 0.2) is 30.3 Å². The first-order valence-electron chi connectivity index (χ1n) is 9.91. The van der Waals surface area contributed by atoms with Gasteiger partial charge in [0.25, 0.3) is 0 Å². The van der Waals surface area contributed by atoms with Crippen LogP contribution in [-0.4, -0.2) is 35.2 Å². The van der Waals surface area contributed by atoms with Gasteiger partial charge in [0.2, 0.25) is 0 Å². The minimum Gasteiger partial charge on any atom is -0.507 e. The molecule has 0 aliphatic heterocycles. The number of carbonyl (C=O) groups excluding carboxylic acids is 1. The molecule has 6 nitrogen and oxygen atoms in total. The predicted octanol–water partition coefficient (Wildman–Crippen LogP) is 4.79. The third-order valence-electron chi connectivity index (χ3n) is 4.61. The Hall–Kier alpha value is -3.46. The fourth-order valence-electron chi connectivity index (χ4n) is 2.97. The van der Waals surface area contributed by atoms with Gasteiger partial charge in [-0.1, -0.05) is 38.7 Å². The first-order chi connectivity index (χ1) is 14.5. The summed E-state index contributed by atoms with van der Waals surface area (Å²) in [4.78, 5) is 23.6. The van der Waals surface area contributed by atoms with Gasteiger partial charge in [0.15, 0.2) is 5.78 Å². The topological polar surface area (TPSA) is 93.1 Å². The molecule has 164 valence electrons. The Labute approximate surface area is 182 Å². The number of carbonyl (C=O) groups is 2. The van der Waals surface area contributed by atoms with Gasteiger partial charge < -0.3 is 19.7 Å². The quantitative estimate of drug-likeness (QED) is 0.490. The summed E-state index contributed by atoms with van der Waals surface area (Å²) in [7, 11) is 0. The molecule has 0 atom stereocenters. The Kier molecular flexibility index (Phi) is 7.71. The highest BCUT2D eigenvalue weighted by Gasteiger charge is 2.21. The van der Waals surface area contributed by atoms with Gasteiger partial charge in [-0.05, 0) is 43.5 Å². The maximum absolute atomic E-state index is 12.4. The van der Waals surface area contributed by atoms with Crippen molar-refractivity contribution in [2.24, 2.45) is 5.41 Å². The fourth-order valence-corrected chi connectivity index (χ4v) is 2.97. The number of carboxylic acid groups (broad SMARTS) is 1. The molecule has 2 N–H and O–H groups in total. The highest BCUT2D eigenvalue weighted by molar-refractivity contribution is 5.99. The minimum absolute atomic E-state index is 0.0724. The van der Waals surface area contributed by atoms with E-state index in [1.807, 2.05) is 20.8 Å². The first kappa shape index (κ1) is 23.8. The van der Waals surface area contributed by atoms with Crippen molar-refractivity contribution in [1.29, 1.82) is 0 Å². The second kappa shape index (κ2) is 10.0. The van der Waals surface area contributed by atoms with Gasteiger partial charge in [-0.25, -0.2) is 4.79 Å². The SMILES string of the molecule is Cc1c(OCC#CCOc2ccc(C(=O)CC(C)(C)C)c(O)c2C)cccc1C(=O)O. The van der Waals surface area contributed by atoms with E-state index in [1.54, 1.807) is 38.1 Å². The second-order valence-electron chi connectivity index (χ2n) is 8.41. The van der Waals surface area contributed by atoms with Crippen LogP contribution < -0.4 is 9.47 Å². The van der Waals surface area contributed by atoms with Crippen LogP contribution >= 0.6 is 0 Å². The van der Waals surface area contributed by atoms with Crippen molar-refractivity contribution < 1.29 is 29.3 Å². The number of Topliss-reactive ketones (excluding diaryl/α,β-unsaturated/α-hetero) is 1. The van der Waals surface area contributed by atoms with Gasteiger partial charge in [-0.3, -0.25) is 4.79 Å². The molecule has 2 aromatic carbocycles. The van der Waals surface area contributed by atoms with Crippen molar-refractivity contribution >= 4 is 11.8 Å². The average Bonchev–Trinajstić information content (AvgIpc) is 2.67. The van der Waals surface area contributed by atoms with Crippen LogP contribution in [0.5, 0.6) is 17.2 Å². The summed E-state index contributed by atoms with van der Waals surface area (Å²) in [6, 6.07) is 8.05. The maximum Gasteiger partial charge on any atom is 0.336 e. The lowest BCUT2D eigenvalue weighted by molar-refractivity contribution is 0.0695. The van der Waals surface area contributed by atoms with E-state index in [1.165, 1.54) is 6.07 Å². The zero-order valence-corrected chi connectivity index (χ0v) is 18.5. The van der Waals surface area contributed by atoms with E-state index in [0.29, 0.717) is 34.6 Å². The Balaban J connectivity index is 1.95. The molecular formula is C25H28O6. The molecule has 0 amide bonds. The molecular weight excluding hydrogens is 396 g/mol. The number of hydrogen-bond acceptors (Lipinski definition) is 5. The van der Waals surface area contributed by atoms with Crippen LogP contribution in [0.3, 0.4) is 0 Å². The molecule has 31 heavy (non-hydrogen) atoms. The number of ketones is 1. The third-order valence-corrected chi connectivity index (χ3v) is 4.61. The molecule has 0 aromatic heterocycles.